The quantitative estimate of drug-likeness (QED) is 0.541. The highest BCUT2D eigenvalue weighted by Crippen LogP contribution is 2.39. The van der Waals surface area contributed by atoms with Gasteiger partial charge in [0.05, 0.1) is 30.4 Å². The molecule has 11 nitrogen and oxygen atoms in total. The van der Waals surface area contributed by atoms with E-state index < -0.39 is 0 Å². The number of aromatic nitrogens is 2. The highest BCUT2D eigenvalue weighted by Gasteiger charge is 2.44. The number of hydrogen-bond acceptors (Lipinski definition) is 7. The Morgan fingerprint density at radius 3 is 2.39 bits per heavy atom. The van der Waals surface area contributed by atoms with Gasteiger partial charge in [-0.25, -0.2) is 4.98 Å². The maximum Gasteiger partial charge on any atom is 0.290 e. The van der Waals surface area contributed by atoms with Crippen molar-refractivity contribution in [2.24, 2.45) is 5.92 Å². The summed E-state index contributed by atoms with van der Waals surface area (Å²) in [5.41, 5.74) is 2.45. The summed E-state index contributed by atoms with van der Waals surface area (Å²) < 4.78 is 8.69. The molecule has 5 rings (SSSR count). The van der Waals surface area contributed by atoms with Crippen molar-refractivity contribution in [3.8, 4) is 6.07 Å². The maximum absolute atomic E-state index is 12.9. The van der Waals surface area contributed by atoms with Crippen LogP contribution in [0, 0.1) is 17.2 Å². The molecule has 1 amide bonds. The number of carbonyl (C=O) groups is 3. The number of hydrogen-bond donors (Lipinski definition) is 2. The van der Waals surface area contributed by atoms with Crippen LogP contribution in [0.15, 0.2) is 30.5 Å². The summed E-state index contributed by atoms with van der Waals surface area (Å²) in [7, 11) is 2.20. The smallest absolute Gasteiger partial charge is 0.290 e. The number of benzene rings is 1. The zero-order valence-corrected chi connectivity index (χ0v) is 21.7. The number of piperidine rings is 1. The van der Waals surface area contributed by atoms with Crippen molar-refractivity contribution in [1.82, 2.24) is 19.4 Å². The van der Waals surface area contributed by atoms with Gasteiger partial charge in [0.25, 0.3) is 12.9 Å². The molecule has 11 heteroatoms. The molecule has 2 N–H and O–H groups in total. The number of amides is 1. The first-order chi connectivity index (χ1) is 18.4. The Morgan fingerprint density at radius 1 is 1.18 bits per heavy atom. The fraction of sp³-hybridized carbons (Fsp3) is 0.519. The summed E-state index contributed by atoms with van der Waals surface area (Å²) in [6, 6.07) is 9.38. The second-order valence-corrected chi connectivity index (χ2v) is 9.78. The van der Waals surface area contributed by atoms with Crippen LogP contribution < -0.4 is 0 Å². The molecule has 2 aliphatic heterocycles. The van der Waals surface area contributed by atoms with Gasteiger partial charge in [0.2, 0.25) is 5.91 Å². The predicted octanol–water partition coefficient (Wildman–Crippen LogP) is 2.09. The van der Waals surface area contributed by atoms with Gasteiger partial charge in [0.15, 0.2) is 0 Å². The topological polar surface area (TPSA) is 149 Å². The van der Waals surface area contributed by atoms with Crippen molar-refractivity contribution < 1.29 is 29.3 Å². The van der Waals surface area contributed by atoms with Gasteiger partial charge in [0, 0.05) is 51.8 Å². The lowest BCUT2D eigenvalue weighted by Crippen LogP contribution is -2.50. The number of imidazole rings is 1. The Bertz CT molecular complexity index is 1110. The van der Waals surface area contributed by atoms with Gasteiger partial charge in [-0.2, -0.15) is 5.26 Å². The molecule has 1 saturated carbocycles. The van der Waals surface area contributed by atoms with E-state index in [2.05, 4.69) is 22.6 Å². The minimum atomic E-state index is -0.378. The summed E-state index contributed by atoms with van der Waals surface area (Å²) in [4.78, 5) is 38.7. The highest BCUT2D eigenvalue weighted by atomic mass is 16.5. The largest absolute Gasteiger partial charge is 0.483 e. The van der Waals surface area contributed by atoms with E-state index in [0.717, 1.165) is 43.2 Å². The minimum absolute atomic E-state index is 0.131. The van der Waals surface area contributed by atoms with Crippen molar-refractivity contribution in [3.05, 3.63) is 53.1 Å². The molecule has 0 radical (unpaired) electrons. The van der Waals surface area contributed by atoms with E-state index in [4.69, 9.17) is 34.8 Å². The molecule has 1 aromatic heterocycles. The number of fused-ring (bicyclic) bond motifs is 2. The summed E-state index contributed by atoms with van der Waals surface area (Å²) in [6.45, 7) is 4.50. The number of carbonyl (C=O) groups excluding carboxylic acids is 1. The zero-order valence-electron chi connectivity index (χ0n) is 21.7. The van der Waals surface area contributed by atoms with Crippen LogP contribution in [-0.2, 0) is 44.2 Å². The van der Waals surface area contributed by atoms with Gasteiger partial charge >= 0.3 is 0 Å². The van der Waals surface area contributed by atoms with Crippen LogP contribution in [-0.4, -0.2) is 81.7 Å². The molecule has 0 bridgehead atoms. The number of nitrogens with zero attached hydrogens (tertiary/aromatic N) is 5. The SMILES string of the molecule is CN(Cc1cnc2n1CCOC21CCN(C(=O)Cc2ccc(C#N)cc2)CC1)CC1CC1.O=CO.O=CO. The van der Waals surface area contributed by atoms with E-state index in [1.807, 2.05) is 23.2 Å². The Labute approximate surface area is 222 Å². The van der Waals surface area contributed by atoms with Crippen molar-refractivity contribution in [2.75, 3.05) is 33.3 Å². The van der Waals surface area contributed by atoms with E-state index in [-0.39, 0.29) is 24.5 Å². The van der Waals surface area contributed by atoms with Gasteiger partial charge in [-0.3, -0.25) is 14.4 Å². The molecule has 1 aliphatic carbocycles. The third kappa shape index (κ3) is 7.40. The normalized spacial score (nSPS) is 17.2. The molecule has 3 heterocycles. The molecule has 0 unspecified atom stereocenters. The first-order valence-corrected chi connectivity index (χ1v) is 12.7. The van der Waals surface area contributed by atoms with Crippen LogP contribution in [0.25, 0.3) is 0 Å². The first-order valence-electron chi connectivity index (χ1n) is 12.7. The molecule has 1 spiro atoms. The summed E-state index contributed by atoms with van der Waals surface area (Å²) in [6.07, 6.45) is 6.68. The molecule has 1 saturated heterocycles. The average molecular weight is 526 g/mol. The predicted molar refractivity (Wildman–Crippen MR) is 137 cm³/mol. The summed E-state index contributed by atoms with van der Waals surface area (Å²) >= 11 is 0. The van der Waals surface area contributed by atoms with Crippen LogP contribution in [0.1, 0.15) is 48.3 Å². The van der Waals surface area contributed by atoms with E-state index in [1.54, 1.807) is 12.1 Å². The van der Waals surface area contributed by atoms with E-state index in [1.165, 1.54) is 25.1 Å². The lowest BCUT2D eigenvalue weighted by atomic mass is 9.89. The van der Waals surface area contributed by atoms with Gasteiger partial charge < -0.3 is 29.3 Å². The Balaban J connectivity index is 0.000000611. The van der Waals surface area contributed by atoms with Gasteiger partial charge in [-0.05, 0) is 43.5 Å². The number of likely N-dealkylation sites (tertiary alicyclic amines) is 1. The summed E-state index contributed by atoms with van der Waals surface area (Å²) in [5.74, 6) is 2.05. The third-order valence-corrected chi connectivity index (χ3v) is 7.10. The molecular formula is C27H35N5O6. The molecular weight excluding hydrogens is 490 g/mol. The van der Waals surface area contributed by atoms with Gasteiger partial charge in [-0.15, -0.1) is 0 Å². The number of ether oxygens (including phenoxy) is 1. The van der Waals surface area contributed by atoms with Crippen molar-refractivity contribution in [2.45, 2.75) is 50.8 Å². The van der Waals surface area contributed by atoms with Gasteiger partial charge in [0.1, 0.15) is 11.4 Å². The molecule has 38 heavy (non-hydrogen) atoms. The number of carboxylic acid groups (broad SMARTS) is 2. The van der Waals surface area contributed by atoms with Crippen molar-refractivity contribution >= 4 is 18.9 Å². The fourth-order valence-electron chi connectivity index (χ4n) is 5.10. The average Bonchev–Trinajstić information content (AvgIpc) is 3.63. The lowest BCUT2D eigenvalue weighted by Gasteiger charge is -2.43. The number of nitriles is 1. The maximum atomic E-state index is 12.9. The zero-order chi connectivity index (χ0) is 27.5. The second-order valence-electron chi connectivity index (χ2n) is 9.78. The Morgan fingerprint density at radius 2 is 1.82 bits per heavy atom. The molecule has 3 aliphatic rings. The monoisotopic (exact) mass is 525 g/mol. The minimum Gasteiger partial charge on any atom is -0.483 e. The van der Waals surface area contributed by atoms with Crippen molar-refractivity contribution in [1.29, 1.82) is 5.26 Å². The van der Waals surface area contributed by atoms with Crippen LogP contribution in [0.5, 0.6) is 0 Å². The standard InChI is InChI=1S/C25H31N5O2.2CH2O2/c1-28(17-21-6-7-21)18-22-16-27-24-25(32-13-12-30(22)24)8-10-29(11-9-25)23(31)14-19-2-4-20(15-26)5-3-19;2*2-1-3/h2-5,16,21H,6-14,17-18H2,1H3;2*1H,(H,2,3). The van der Waals surface area contributed by atoms with Crippen LogP contribution in [0.4, 0.5) is 0 Å². The number of rotatable bonds is 6. The molecule has 2 fully saturated rings. The molecule has 2 aromatic rings. The van der Waals surface area contributed by atoms with E-state index >= 15 is 0 Å². The molecule has 204 valence electrons. The Kier molecular flexibility index (Phi) is 10.4. The van der Waals surface area contributed by atoms with Gasteiger partial charge in [-0.1, -0.05) is 12.1 Å². The molecule has 1 aromatic carbocycles. The Hall–Kier alpha value is -3.75. The van der Waals surface area contributed by atoms with Crippen LogP contribution >= 0.6 is 0 Å². The van der Waals surface area contributed by atoms with Crippen molar-refractivity contribution in [3.63, 3.8) is 0 Å². The second kappa shape index (κ2) is 13.7. The summed E-state index contributed by atoms with van der Waals surface area (Å²) in [5, 5.41) is 22.7. The van der Waals surface area contributed by atoms with Crippen LogP contribution in [0.3, 0.4) is 0 Å². The highest BCUT2D eigenvalue weighted by molar-refractivity contribution is 5.79. The third-order valence-electron chi connectivity index (χ3n) is 7.10. The fourth-order valence-corrected chi connectivity index (χ4v) is 5.10. The lowest BCUT2D eigenvalue weighted by molar-refractivity contribution is -0.143. The van der Waals surface area contributed by atoms with E-state index in [9.17, 15) is 4.79 Å². The first kappa shape index (κ1) is 28.8. The molecule has 0 atom stereocenters. The van der Waals surface area contributed by atoms with Crippen LogP contribution in [0.2, 0.25) is 0 Å². The van der Waals surface area contributed by atoms with E-state index in [0.29, 0.717) is 31.7 Å².